The van der Waals surface area contributed by atoms with E-state index < -0.39 is 35.0 Å². The minimum absolute atomic E-state index is 0.0867. The molecule has 2 heterocycles. The topological polar surface area (TPSA) is 123 Å². The average molecular weight is 680 g/mol. The fourth-order valence-corrected chi connectivity index (χ4v) is 8.74. The quantitative estimate of drug-likeness (QED) is 0.130. The Morgan fingerprint density at radius 2 is 1.31 bits per heavy atom. The largest absolute Gasteiger partial charge is 0.508 e. The van der Waals surface area contributed by atoms with E-state index in [4.69, 9.17) is 0 Å². The van der Waals surface area contributed by atoms with Crippen molar-refractivity contribution in [3.05, 3.63) is 120 Å². The summed E-state index contributed by atoms with van der Waals surface area (Å²) in [4.78, 5) is 61.7. The van der Waals surface area contributed by atoms with Gasteiger partial charge in [0.25, 0.3) is 0 Å². The van der Waals surface area contributed by atoms with E-state index in [9.17, 15) is 24.3 Å². The van der Waals surface area contributed by atoms with Gasteiger partial charge in [0.05, 0.1) is 45.9 Å². The Morgan fingerprint density at radius 1 is 0.706 bits per heavy atom. The van der Waals surface area contributed by atoms with Crippen molar-refractivity contribution >= 4 is 52.1 Å². The van der Waals surface area contributed by atoms with E-state index in [0.717, 1.165) is 16.8 Å². The molecule has 2 aliphatic heterocycles. The van der Waals surface area contributed by atoms with Crippen molar-refractivity contribution in [3.63, 3.8) is 0 Å². The number of rotatable bonds is 6. The van der Waals surface area contributed by atoms with Crippen LogP contribution in [0.5, 0.6) is 5.75 Å². The zero-order valence-corrected chi connectivity index (χ0v) is 28.5. The van der Waals surface area contributed by atoms with Crippen LogP contribution in [0.15, 0.2) is 125 Å². The highest BCUT2D eigenvalue weighted by Crippen LogP contribution is 2.63. The van der Waals surface area contributed by atoms with Crippen LogP contribution >= 0.6 is 0 Å². The van der Waals surface area contributed by atoms with Crippen LogP contribution in [0.3, 0.4) is 0 Å². The number of aromatic hydroxyl groups is 1. The lowest BCUT2D eigenvalue weighted by Gasteiger charge is -2.49. The van der Waals surface area contributed by atoms with Gasteiger partial charge in [-0.15, -0.1) is 0 Å². The van der Waals surface area contributed by atoms with Crippen LogP contribution in [0.4, 0.5) is 28.4 Å². The SMILES string of the molecule is CN(C)c1ccc(N=Nc2ccc(N3C(=O)C4CC=C5C(CC6C(=O)N(c7ccccc7)C(=O)C6(C)C5c5ccc(O)cc5)C4C3=O)cc2)cc1. The minimum Gasteiger partial charge on any atom is -0.508 e. The predicted octanol–water partition coefficient (Wildman–Crippen LogP) is 7.31. The third-order valence-electron chi connectivity index (χ3n) is 11.3. The molecule has 4 amide bonds. The summed E-state index contributed by atoms with van der Waals surface area (Å²) in [6, 6.07) is 30.2. The molecular weight excluding hydrogens is 642 g/mol. The number of carbonyl (C=O) groups is 4. The number of carbonyl (C=O) groups excluding carboxylic acids is 4. The molecule has 4 aliphatic rings. The van der Waals surface area contributed by atoms with Crippen molar-refractivity contribution in [2.75, 3.05) is 28.8 Å². The van der Waals surface area contributed by atoms with Crippen molar-refractivity contribution in [2.24, 2.45) is 39.3 Å². The maximum absolute atomic E-state index is 14.5. The summed E-state index contributed by atoms with van der Waals surface area (Å²) in [5, 5.41) is 18.8. The van der Waals surface area contributed by atoms with E-state index in [1.54, 1.807) is 72.8 Å². The molecule has 4 aromatic carbocycles. The zero-order chi connectivity index (χ0) is 35.6. The molecular formula is C41H37N5O5. The second-order valence-electron chi connectivity index (χ2n) is 14.2. The summed E-state index contributed by atoms with van der Waals surface area (Å²) in [6.45, 7) is 1.85. The molecule has 2 saturated heterocycles. The van der Waals surface area contributed by atoms with Gasteiger partial charge in [-0.25, -0.2) is 4.90 Å². The first-order valence-corrected chi connectivity index (χ1v) is 17.2. The number of phenolic OH excluding ortho intramolecular Hbond substituents is 1. The van der Waals surface area contributed by atoms with Gasteiger partial charge in [0.1, 0.15) is 5.75 Å². The second-order valence-corrected chi connectivity index (χ2v) is 14.2. The molecule has 4 aromatic rings. The van der Waals surface area contributed by atoms with Gasteiger partial charge in [0.15, 0.2) is 0 Å². The number of hydrogen-bond donors (Lipinski definition) is 1. The number of azo groups is 1. The minimum atomic E-state index is -1.14. The number of allylic oxidation sites excluding steroid dienone is 2. The van der Waals surface area contributed by atoms with E-state index in [-0.39, 0.29) is 35.8 Å². The Kier molecular flexibility index (Phi) is 7.70. The average Bonchev–Trinajstić information content (AvgIpc) is 3.51. The summed E-state index contributed by atoms with van der Waals surface area (Å²) in [5.41, 5.74) is 3.82. The first-order chi connectivity index (χ1) is 24.6. The molecule has 1 saturated carbocycles. The van der Waals surface area contributed by atoms with Gasteiger partial charge in [-0.1, -0.05) is 42.0 Å². The molecule has 6 unspecified atom stereocenters. The molecule has 8 rings (SSSR count). The number of fused-ring (bicyclic) bond motifs is 4. The van der Waals surface area contributed by atoms with Crippen molar-refractivity contribution in [1.82, 2.24) is 0 Å². The molecule has 0 spiro atoms. The fraction of sp³-hybridized carbons (Fsp3) is 0.268. The van der Waals surface area contributed by atoms with Crippen molar-refractivity contribution < 1.29 is 24.3 Å². The van der Waals surface area contributed by atoms with Gasteiger partial charge in [0.2, 0.25) is 23.6 Å². The van der Waals surface area contributed by atoms with E-state index in [0.29, 0.717) is 29.2 Å². The number of anilines is 3. The molecule has 6 atom stereocenters. The highest BCUT2D eigenvalue weighted by molar-refractivity contribution is 6.25. The van der Waals surface area contributed by atoms with Gasteiger partial charge >= 0.3 is 0 Å². The number of para-hydroxylation sites is 1. The Balaban J connectivity index is 1.11. The Labute approximate surface area is 295 Å². The highest BCUT2D eigenvalue weighted by atomic mass is 16.3. The zero-order valence-electron chi connectivity index (χ0n) is 28.5. The molecule has 0 aromatic heterocycles. The summed E-state index contributed by atoms with van der Waals surface area (Å²) in [5.74, 6) is -4.03. The predicted molar refractivity (Wildman–Crippen MR) is 193 cm³/mol. The van der Waals surface area contributed by atoms with Gasteiger partial charge in [0, 0.05) is 25.7 Å². The van der Waals surface area contributed by atoms with E-state index in [2.05, 4.69) is 10.2 Å². The van der Waals surface area contributed by atoms with Crippen LogP contribution in [0.1, 0.15) is 31.2 Å². The molecule has 2 aliphatic carbocycles. The summed E-state index contributed by atoms with van der Waals surface area (Å²) >= 11 is 0. The molecule has 0 bridgehead atoms. The lowest BCUT2D eigenvalue weighted by molar-refractivity contribution is -0.131. The molecule has 256 valence electrons. The standard InChI is InChI=1S/C41H37N5O5/c1-41-34(38(49)46(40(41)51)28-7-5-4-6-8-28)23-33-31(36(41)24-9-19-30(47)20-10-24)21-22-32-35(33)39(50)45(37(32)48)29-17-13-26(14-18-29)43-42-25-11-15-27(16-12-25)44(2)3/h4-21,32-36,47H,22-23H2,1-3H3. The molecule has 10 nitrogen and oxygen atoms in total. The summed E-state index contributed by atoms with van der Waals surface area (Å²) in [6.07, 6.45) is 2.64. The molecule has 3 fully saturated rings. The summed E-state index contributed by atoms with van der Waals surface area (Å²) in [7, 11) is 3.94. The van der Waals surface area contributed by atoms with Crippen LogP contribution in [0.2, 0.25) is 0 Å². The maximum Gasteiger partial charge on any atom is 0.241 e. The lowest BCUT2D eigenvalue weighted by atomic mass is 9.51. The van der Waals surface area contributed by atoms with Crippen molar-refractivity contribution in [2.45, 2.75) is 25.7 Å². The first kappa shape index (κ1) is 32.3. The van der Waals surface area contributed by atoms with E-state index in [1.807, 2.05) is 62.3 Å². The number of hydrogen-bond acceptors (Lipinski definition) is 8. The number of benzene rings is 4. The third-order valence-corrected chi connectivity index (χ3v) is 11.3. The van der Waals surface area contributed by atoms with Gasteiger partial charge in [-0.3, -0.25) is 24.1 Å². The van der Waals surface area contributed by atoms with Crippen LogP contribution < -0.4 is 14.7 Å². The fourth-order valence-electron chi connectivity index (χ4n) is 8.74. The number of nitrogens with zero attached hydrogens (tertiary/aromatic N) is 5. The Hall–Kier alpha value is -5.90. The summed E-state index contributed by atoms with van der Waals surface area (Å²) < 4.78 is 0. The monoisotopic (exact) mass is 679 g/mol. The van der Waals surface area contributed by atoms with E-state index in [1.165, 1.54) is 9.80 Å². The van der Waals surface area contributed by atoms with E-state index >= 15 is 0 Å². The first-order valence-electron chi connectivity index (χ1n) is 17.2. The number of amides is 4. The maximum atomic E-state index is 14.5. The lowest BCUT2D eigenvalue weighted by Crippen LogP contribution is -2.48. The van der Waals surface area contributed by atoms with Crippen LogP contribution in [-0.2, 0) is 19.2 Å². The van der Waals surface area contributed by atoms with Gasteiger partial charge < -0.3 is 10.0 Å². The Morgan fingerprint density at radius 3 is 1.94 bits per heavy atom. The second kappa shape index (κ2) is 12.2. The van der Waals surface area contributed by atoms with Crippen LogP contribution in [0.25, 0.3) is 0 Å². The highest BCUT2D eigenvalue weighted by Gasteiger charge is 2.67. The molecule has 10 heteroatoms. The number of phenols is 1. The molecule has 1 N–H and O–H groups in total. The van der Waals surface area contributed by atoms with Gasteiger partial charge in [-0.05, 0) is 104 Å². The van der Waals surface area contributed by atoms with Crippen LogP contribution in [-0.4, -0.2) is 42.8 Å². The Bertz CT molecular complexity index is 2110. The number of imide groups is 2. The normalized spacial score (nSPS) is 27.0. The third kappa shape index (κ3) is 5.08. The van der Waals surface area contributed by atoms with Gasteiger partial charge in [-0.2, -0.15) is 10.2 Å². The van der Waals surface area contributed by atoms with Crippen LogP contribution in [0, 0.1) is 29.1 Å². The van der Waals surface area contributed by atoms with Crippen molar-refractivity contribution in [1.29, 1.82) is 0 Å². The van der Waals surface area contributed by atoms with Crippen molar-refractivity contribution in [3.8, 4) is 5.75 Å². The molecule has 0 radical (unpaired) electrons. The molecule has 51 heavy (non-hydrogen) atoms. The smallest absolute Gasteiger partial charge is 0.241 e.